The van der Waals surface area contributed by atoms with Crippen LogP contribution in [0.5, 0.6) is 0 Å². The number of hydrogen-bond acceptors (Lipinski definition) is 5. The highest BCUT2D eigenvalue weighted by molar-refractivity contribution is 7.80. The zero-order valence-corrected chi connectivity index (χ0v) is 10.7. The van der Waals surface area contributed by atoms with Crippen molar-refractivity contribution in [3.05, 3.63) is 0 Å². The molecule has 7 nitrogen and oxygen atoms in total. The van der Waals surface area contributed by atoms with Gasteiger partial charge in [0.2, 0.25) is 11.8 Å². The molecule has 0 aromatic rings. The Balaban J connectivity index is 2.42. The second-order valence-electron chi connectivity index (χ2n) is 4.00. The molecular formula is C10H17N3O4S. The molecule has 102 valence electrons. The summed E-state index contributed by atoms with van der Waals surface area (Å²) in [6.45, 7) is 0.315. The minimum absolute atomic E-state index is 0.115. The Hall–Kier alpha value is -1.28. The lowest BCUT2D eigenvalue weighted by atomic mass is 10.2. The summed E-state index contributed by atoms with van der Waals surface area (Å²) in [6.07, 6.45) is 1.66. The minimum Gasteiger partial charge on any atom is -0.480 e. The molecule has 2 amide bonds. The summed E-state index contributed by atoms with van der Waals surface area (Å²) in [5.74, 6) is -1.81. The Bertz CT molecular complexity index is 331. The molecule has 0 spiro atoms. The number of carbonyl (C=O) groups is 3. The van der Waals surface area contributed by atoms with Crippen molar-refractivity contribution in [1.82, 2.24) is 16.0 Å². The highest BCUT2D eigenvalue weighted by Gasteiger charge is 2.26. The molecule has 2 atom stereocenters. The summed E-state index contributed by atoms with van der Waals surface area (Å²) >= 11 is 3.97. The molecule has 0 radical (unpaired) electrons. The van der Waals surface area contributed by atoms with Gasteiger partial charge < -0.3 is 21.1 Å². The van der Waals surface area contributed by atoms with E-state index in [1.807, 2.05) is 0 Å². The maximum absolute atomic E-state index is 11.8. The summed E-state index contributed by atoms with van der Waals surface area (Å²) in [5, 5.41) is 16.2. The molecule has 1 aliphatic rings. The van der Waals surface area contributed by atoms with Gasteiger partial charge in [-0.25, -0.2) is 0 Å². The molecule has 18 heavy (non-hydrogen) atoms. The van der Waals surface area contributed by atoms with E-state index >= 15 is 0 Å². The Morgan fingerprint density at radius 2 is 2.17 bits per heavy atom. The first-order valence-electron chi connectivity index (χ1n) is 5.68. The van der Waals surface area contributed by atoms with Crippen LogP contribution < -0.4 is 16.0 Å². The molecule has 8 heteroatoms. The first-order valence-corrected chi connectivity index (χ1v) is 6.32. The normalized spacial score (nSPS) is 20.2. The van der Waals surface area contributed by atoms with Gasteiger partial charge in [0.15, 0.2) is 0 Å². The third kappa shape index (κ3) is 4.53. The highest BCUT2D eigenvalue weighted by Crippen LogP contribution is 2.05. The SMILES string of the molecule is O=C(O)CNC(=O)C(CS)NC(=O)C1CCCN1. The van der Waals surface area contributed by atoms with Crippen LogP contribution in [0.4, 0.5) is 0 Å². The largest absolute Gasteiger partial charge is 0.480 e. The van der Waals surface area contributed by atoms with Gasteiger partial charge in [-0.15, -0.1) is 0 Å². The third-order valence-electron chi connectivity index (χ3n) is 2.61. The van der Waals surface area contributed by atoms with Gasteiger partial charge >= 0.3 is 5.97 Å². The topological polar surface area (TPSA) is 108 Å². The van der Waals surface area contributed by atoms with E-state index in [-0.39, 0.29) is 17.7 Å². The van der Waals surface area contributed by atoms with Crippen molar-refractivity contribution >= 4 is 30.4 Å². The molecule has 1 rings (SSSR count). The summed E-state index contributed by atoms with van der Waals surface area (Å²) < 4.78 is 0. The second kappa shape index (κ2) is 7.22. The quantitative estimate of drug-likeness (QED) is 0.374. The number of thiol groups is 1. The maximum atomic E-state index is 11.8. The number of carboxylic acids is 1. The van der Waals surface area contributed by atoms with Crippen LogP contribution in [0.2, 0.25) is 0 Å². The van der Waals surface area contributed by atoms with Crippen LogP contribution in [-0.4, -0.2) is 53.8 Å². The van der Waals surface area contributed by atoms with Gasteiger partial charge in [-0.05, 0) is 19.4 Å². The average Bonchev–Trinajstić information content (AvgIpc) is 2.86. The zero-order valence-electron chi connectivity index (χ0n) is 9.81. The molecule has 1 saturated heterocycles. The molecule has 1 fully saturated rings. The highest BCUT2D eigenvalue weighted by atomic mass is 32.1. The second-order valence-corrected chi connectivity index (χ2v) is 4.37. The predicted molar refractivity (Wildman–Crippen MR) is 67.5 cm³/mol. The van der Waals surface area contributed by atoms with Gasteiger partial charge in [-0.3, -0.25) is 14.4 Å². The molecule has 0 aromatic carbocycles. The zero-order chi connectivity index (χ0) is 13.5. The van der Waals surface area contributed by atoms with Crippen LogP contribution in [0.15, 0.2) is 0 Å². The number of carboxylic acid groups (broad SMARTS) is 1. The number of hydrogen-bond donors (Lipinski definition) is 5. The fourth-order valence-electron chi connectivity index (χ4n) is 1.66. The van der Waals surface area contributed by atoms with Crippen molar-refractivity contribution in [3.8, 4) is 0 Å². The number of rotatable bonds is 6. The van der Waals surface area contributed by atoms with E-state index in [0.29, 0.717) is 0 Å². The lowest BCUT2D eigenvalue weighted by Crippen LogP contribution is -2.52. The van der Waals surface area contributed by atoms with Crippen molar-refractivity contribution in [3.63, 3.8) is 0 Å². The smallest absolute Gasteiger partial charge is 0.322 e. The van der Waals surface area contributed by atoms with Crippen molar-refractivity contribution in [2.75, 3.05) is 18.8 Å². The standard InChI is InChI=1S/C10H17N3O4S/c14-8(15)4-12-9(16)7(5-18)13-10(17)6-2-1-3-11-6/h6-7,11,18H,1-5H2,(H,12,16)(H,13,17)(H,14,15). The Morgan fingerprint density at radius 3 is 2.67 bits per heavy atom. The number of amides is 2. The van der Waals surface area contributed by atoms with Gasteiger partial charge in [-0.2, -0.15) is 12.6 Å². The Kier molecular flexibility index (Phi) is 5.93. The number of nitrogens with one attached hydrogen (secondary N) is 3. The number of aliphatic carboxylic acids is 1. The summed E-state index contributed by atoms with van der Waals surface area (Å²) in [4.78, 5) is 33.6. The van der Waals surface area contributed by atoms with Gasteiger partial charge in [0.1, 0.15) is 12.6 Å². The predicted octanol–water partition coefficient (Wildman–Crippen LogP) is -1.65. The maximum Gasteiger partial charge on any atom is 0.322 e. The Morgan fingerprint density at radius 1 is 1.44 bits per heavy atom. The van der Waals surface area contributed by atoms with E-state index in [4.69, 9.17) is 5.11 Å². The fourth-order valence-corrected chi connectivity index (χ4v) is 1.92. The first-order chi connectivity index (χ1) is 8.54. The molecular weight excluding hydrogens is 258 g/mol. The van der Waals surface area contributed by atoms with Crippen LogP contribution in [0.3, 0.4) is 0 Å². The molecule has 0 aliphatic carbocycles. The summed E-state index contributed by atoms with van der Waals surface area (Å²) in [7, 11) is 0. The van der Waals surface area contributed by atoms with E-state index in [1.165, 1.54) is 0 Å². The molecule has 4 N–H and O–H groups in total. The van der Waals surface area contributed by atoms with E-state index in [9.17, 15) is 14.4 Å². The van der Waals surface area contributed by atoms with Gasteiger partial charge in [-0.1, -0.05) is 0 Å². The molecule has 0 saturated carbocycles. The third-order valence-corrected chi connectivity index (χ3v) is 2.97. The van der Waals surface area contributed by atoms with Crippen molar-refractivity contribution in [2.24, 2.45) is 0 Å². The minimum atomic E-state index is -1.13. The van der Waals surface area contributed by atoms with E-state index in [2.05, 4.69) is 28.6 Å². The number of carbonyl (C=O) groups excluding carboxylic acids is 2. The summed E-state index contributed by atoms with van der Waals surface area (Å²) in [5.41, 5.74) is 0. The van der Waals surface area contributed by atoms with E-state index < -0.39 is 24.5 Å². The van der Waals surface area contributed by atoms with Crippen LogP contribution >= 0.6 is 12.6 Å². The fraction of sp³-hybridized carbons (Fsp3) is 0.700. The molecule has 2 unspecified atom stereocenters. The van der Waals surface area contributed by atoms with Gasteiger partial charge in [0.05, 0.1) is 6.04 Å². The first kappa shape index (κ1) is 14.8. The van der Waals surface area contributed by atoms with E-state index in [1.54, 1.807) is 0 Å². The van der Waals surface area contributed by atoms with Crippen LogP contribution in [0.25, 0.3) is 0 Å². The van der Waals surface area contributed by atoms with Crippen molar-refractivity contribution in [2.45, 2.75) is 24.9 Å². The van der Waals surface area contributed by atoms with Crippen LogP contribution in [0.1, 0.15) is 12.8 Å². The average molecular weight is 275 g/mol. The van der Waals surface area contributed by atoms with Gasteiger partial charge in [0.25, 0.3) is 0 Å². The van der Waals surface area contributed by atoms with Gasteiger partial charge in [0, 0.05) is 5.75 Å². The molecule has 1 aliphatic heterocycles. The lowest BCUT2D eigenvalue weighted by Gasteiger charge is -2.18. The Labute approximate surface area is 110 Å². The monoisotopic (exact) mass is 275 g/mol. The lowest BCUT2D eigenvalue weighted by molar-refractivity contribution is -0.138. The molecule has 1 heterocycles. The summed E-state index contributed by atoms with van der Waals surface area (Å²) in [6, 6.07) is -1.10. The van der Waals surface area contributed by atoms with Crippen LogP contribution in [0, 0.1) is 0 Å². The van der Waals surface area contributed by atoms with E-state index in [0.717, 1.165) is 19.4 Å². The molecule has 0 bridgehead atoms. The van der Waals surface area contributed by atoms with Crippen molar-refractivity contribution < 1.29 is 19.5 Å². The van der Waals surface area contributed by atoms with Crippen molar-refractivity contribution in [1.29, 1.82) is 0 Å². The molecule has 0 aromatic heterocycles. The van der Waals surface area contributed by atoms with Crippen LogP contribution in [-0.2, 0) is 14.4 Å².